The normalized spacial score (nSPS) is 11.8. The number of fused-ring (bicyclic) bond motifs is 1. The lowest BCUT2D eigenvalue weighted by atomic mass is 10.1. The molecule has 0 fully saturated rings. The summed E-state index contributed by atoms with van der Waals surface area (Å²) in [4.78, 5) is 31.4. The van der Waals surface area contributed by atoms with E-state index in [4.69, 9.17) is 19.2 Å². The van der Waals surface area contributed by atoms with Crippen molar-refractivity contribution in [3.63, 3.8) is 0 Å². The number of para-hydroxylation sites is 1. The summed E-state index contributed by atoms with van der Waals surface area (Å²) in [6.07, 6.45) is 0. The second-order valence-electron chi connectivity index (χ2n) is 7.44. The first-order valence-corrected chi connectivity index (χ1v) is 11.4. The van der Waals surface area contributed by atoms with Crippen LogP contribution in [0.3, 0.4) is 0 Å². The average Bonchev–Trinajstić information content (AvgIpc) is 2.88. The predicted octanol–water partition coefficient (Wildman–Crippen LogP) is 4.78. The molecule has 0 saturated heterocycles. The molecular weight excluding hydrogens is 452 g/mol. The van der Waals surface area contributed by atoms with Gasteiger partial charge in [0.25, 0.3) is 5.56 Å². The molecule has 3 aromatic carbocycles. The van der Waals surface area contributed by atoms with Crippen molar-refractivity contribution in [1.29, 1.82) is 0 Å². The molecule has 0 radical (unpaired) electrons. The number of rotatable bonds is 8. The van der Waals surface area contributed by atoms with E-state index in [0.29, 0.717) is 44.6 Å². The minimum absolute atomic E-state index is 0.0751. The molecule has 0 amide bonds. The molecule has 1 atom stereocenters. The van der Waals surface area contributed by atoms with Crippen LogP contribution in [0.1, 0.15) is 17.3 Å². The lowest BCUT2D eigenvalue weighted by molar-refractivity contribution is 0.0994. The van der Waals surface area contributed by atoms with Gasteiger partial charge in [-0.2, -0.15) is 0 Å². The van der Waals surface area contributed by atoms with E-state index < -0.39 is 5.25 Å². The van der Waals surface area contributed by atoms with E-state index in [2.05, 4.69) is 0 Å². The topological polar surface area (TPSA) is 79.7 Å². The fourth-order valence-electron chi connectivity index (χ4n) is 3.58. The fourth-order valence-corrected chi connectivity index (χ4v) is 4.59. The zero-order valence-electron chi connectivity index (χ0n) is 19.3. The Morgan fingerprint density at radius 2 is 1.62 bits per heavy atom. The molecule has 0 N–H and O–H groups in total. The van der Waals surface area contributed by atoms with Gasteiger partial charge in [0, 0.05) is 11.6 Å². The molecule has 34 heavy (non-hydrogen) atoms. The van der Waals surface area contributed by atoms with Crippen molar-refractivity contribution in [2.24, 2.45) is 0 Å². The van der Waals surface area contributed by atoms with Gasteiger partial charge in [-0.1, -0.05) is 23.9 Å². The summed E-state index contributed by atoms with van der Waals surface area (Å²) >= 11 is 1.23. The van der Waals surface area contributed by atoms with Gasteiger partial charge < -0.3 is 14.2 Å². The number of hydrogen-bond acceptors (Lipinski definition) is 7. The molecule has 4 rings (SSSR count). The third kappa shape index (κ3) is 4.49. The van der Waals surface area contributed by atoms with Gasteiger partial charge >= 0.3 is 0 Å². The van der Waals surface area contributed by atoms with E-state index in [9.17, 15) is 9.59 Å². The molecular formula is C26H24N2O5S. The molecule has 0 bridgehead atoms. The molecule has 0 spiro atoms. The Bertz CT molecular complexity index is 1400. The molecule has 4 aromatic rings. The molecule has 1 aromatic heterocycles. The molecule has 174 valence electrons. The molecule has 7 nitrogen and oxygen atoms in total. The van der Waals surface area contributed by atoms with E-state index in [0.717, 1.165) is 0 Å². The van der Waals surface area contributed by atoms with Crippen LogP contribution in [0.15, 0.2) is 76.7 Å². The summed E-state index contributed by atoms with van der Waals surface area (Å²) in [5.41, 5.74) is 1.45. The van der Waals surface area contributed by atoms with E-state index in [1.807, 2.05) is 6.07 Å². The summed E-state index contributed by atoms with van der Waals surface area (Å²) in [6.45, 7) is 1.80. The number of methoxy groups -OCH3 is 3. The zero-order valence-corrected chi connectivity index (χ0v) is 20.1. The van der Waals surface area contributed by atoms with Crippen LogP contribution < -0.4 is 19.8 Å². The summed E-state index contributed by atoms with van der Waals surface area (Å²) in [5, 5.41) is 0.397. The molecule has 1 heterocycles. The smallest absolute Gasteiger partial charge is 0.266 e. The van der Waals surface area contributed by atoms with Gasteiger partial charge in [-0.05, 0) is 55.5 Å². The number of nitrogens with zero attached hydrogens (tertiary/aromatic N) is 2. The Balaban J connectivity index is 1.80. The van der Waals surface area contributed by atoms with E-state index >= 15 is 0 Å². The van der Waals surface area contributed by atoms with Crippen LogP contribution in [0.2, 0.25) is 0 Å². The first-order chi connectivity index (χ1) is 16.5. The zero-order chi connectivity index (χ0) is 24.2. The molecule has 0 aliphatic carbocycles. The van der Waals surface area contributed by atoms with E-state index in [1.54, 1.807) is 81.8 Å². The minimum Gasteiger partial charge on any atom is -0.497 e. The number of ketones is 1. The van der Waals surface area contributed by atoms with E-state index in [1.165, 1.54) is 23.4 Å². The summed E-state index contributed by atoms with van der Waals surface area (Å²) in [5.74, 6) is 1.63. The van der Waals surface area contributed by atoms with Crippen molar-refractivity contribution in [3.05, 3.63) is 82.6 Å². The molecule has 0 saturated carbocycles. The minimum atomic E-state index is -0.493. The second-order valence-corrected chi connectivity index (χ2v) is 8.75. The first-order valence-electron chi connectivity index (χ1n) is 10.6. The maximum atomic E-state index is 13.5. The van der Waals surface area contributed by atoms with Gasteiger partial charge in [-0.25, -0.2) is 4.98 Å². The van der Waals surface area contributed by atoms with Crippen LogP contribution >= 0.6 is 11.8 Å². The highest BCUT2D eigenvalue weighted by Gasteiger charge is 2.22. The van der Waals surface area contributed by atoms with Gasteiger partial charge in [0.05, 0.1) is 43.2 Å². The third-order valence-electron chi connectivity index (χ3n) is 5.40. The van der Waals surface area contributed by atoms with E-state index in [-0.39, 0.29) is 11.3 Å². The SMILES string of the molecule is COc1ccc(C(=O)C(C)Sc2nc3ccccc3c(=O)n2-c2ccc(OC)c(OC)c2)cc1. The fraction of sp³-hybridized carbons (Fsp3) is 0.192. The molecule has 0 aliphatic heterocycles. The molecule has 1 unspecified atom stereocenters. The highest BCUT2D eigenvalue weighted by atomic mass is 32.2. The standard InChI is InChI=1S/C26H24N2O5S/c1-16(24(29)17-9-12-19(31-2)13-10-17)34-26-27-21-8-6-5-7-20(21)25(30)28(26)18-11-14-22(32-3)23(15-18)33-4/h5-16H,1-4H3. The largest absolute Gasteiger partial charge is 0.497 e. The number of carbonyl (C=O) groups excluding carboxylic acids is 1. The Morgan fingerprint density at radius 3 is 2.29 bits per heavy atom. The lowest BCUT2D eigenvalue weighted by Crippen LogP contribution is -2.23. The summed E-state index contributed by atoms with van der Waals surface area (Å²) in [7, 11) is 4.66. The molecule has 0 aliphatic rings. The van der Waals surface area contributed by atoms with Crippen LogP contribution in [0.25, 0.3) is 16.6 Å². The van der Waals surface area contributed by atoms with Crippen molar-refractivity contribution < 1.29 is 19.0 Å². The lowest BCUT2D eigenvalue weighted by Gasteiger charge is -2.17. The highest BCUT2D eigenvalue weighted by molar-refractivity contribution is 8.00. The monoisotopic (exact) mass is 476 g/mol. The average molecular weight is 477 g/mol. The van der Waals surface area contributed by atoms with Crippen LogP contribution in [0.4, 0.5) is 0 Å². The maximum absolute atomic E-state index is 13.5. The van der Waals surface area contributed by atoms with Crippen LogP contribution in [0, 0.1) is 0 Å². The van der Waals surface area contributed by atoms with Crippen LogP contribution in [-0.2, 0) is 0 Å². The van der Waals surface area contributed by atoms with Crippen LogP contribution in [0.5, 0.6) is 17.2 Å². The van der Waals surface area contributed by atoms with Gasteiger partial charge in [0.2, 0.25) is 0 Å². The van der Waals surface area contributed by atoms with Gasteiger partial charge in [0.15, 0.2) is 22.4 Å². The van der Waals surface area contributed by atoms with Crippen molar-refractivity contribution >= 4 is 28.4 Å². The van der Waals surface area contributed by atoms with Crippen molar-refractivity contribution in [3.8, 4) is 22.9 Å². The Labute approximate surface area is 201 Å². The second kappa shape index (κ2) is 10.0. The Kier molecular flexibility index (Phi) is 6.88. The maximum Gasteiger partial charge on any atom is 0.266 e. The summed E-state index contributed by atoms with van der Waals surface area (Å²) < 4.78 is 17.4. The van der Waals surface area contributed by atoms with Gasteiger partial charge in [-0.15, -0.1) is 0 Å². The Morgan fingerprint density at radius 1 is 0.912 bits per heavy atom. The number of Topliss-reactive ketones (excluding diaryl/α,β-unsaturated/α-hetero) is 1. The molecule has 8 heteroatoms. The number of hydrogen-bond donors (Lipinski definition) is 0. The quantitative estimate of drug-likeness (QED) is 0.206. The summed E-state index contributed by atoms with van der Waals surface area (Å²) in [6, 6.07) is 19.3. The van der Waals surface area contributed by atoms with Gasteiger partial charge in [-0.3, -0.25) is 14.2 Å². The third-order valence-corrected chi connectivity index (χ3v) is 6.45. The number of carbonyl (C=O) groups is 1. The number of benzene rings is 3. The number of thioether (sulfide) groups is 1. The van der Waals surface area contributed by atoms with Gasteiger partial charge in [0.1, 0.15) is 5.75 Å². The van der Waals surface area contributed by atoms with Crippen molar-refractivity contribution in [1.82, 2.24) is 9.55 Å². The number of aromatic nitrogens is 2. The first kappa shape index (κ1) is 23.4. The highest BCUT2D eigenvalue weighted by Crippen LogP contribution is 2.32. The number of ether oxygens (including phenoxy) is 3. The van der Waals surface area contributed by atoms with Crippen molar-refractivity contribution in [2.75, 3.05) is 21.3 Å². The Hall–Kier alpha value is -3.78. The van der Waals surface area contributed by atoms with Crippen molar-refractivity contribution in [2.45, 2.75) is 17.3 Å². The van der Waals surface area contributed by atoms with Crippen LogP contribution in [-0.4, -0.2) is 41.9 Å². The predicted molar refractivity (Wildman–Crippen MR) is 133 cm³/mol.